The van der Waals surface area contributed by atoms with Gasteiger partial charge in [-0.1, -0.05) is 0 Å². The van der Waals surface area contributed by atoms with E-state index in [-0.39, 0.29) is 39.9 Å². The van der Waals surface area contributed by atoms with Crippen LogP contribution < -0.4 is 9.47 Å². The second-order valence-electron chi connectivity index (χ2n) is 7.83. The Bertz CT molecular complexity index is 1070. The Morgan fingerprint density at radius 1 is 0.882 bits per heavy atom. The lowest BCUT2D eigenvalue weighted by molar-refractivity contribution is -0.293. The summed E-state index contributed by atoms with van der Waals surface area (Å²) >= 11 is 0. The number of aromatic hydroxyl groups is 4. The molecule has 0 bridgehead atoms. The lowest BCUT2D eigenvalue weighted by Gasteiger charge is -2.41. The highest BCUT2D eigenvalue weighted by atomic mass is 16.7. The van der Waals surface area contributed by atoms with Crippen LogP contribution >= 0.6 is 0 Å². The summed E-state index contributed by atoms with van der Waals surface area (Å²) in [5.41, 5.74) is 0.260. The summed E-state index contributed by atoms with van der Waals surface area (Å²) in [6.45, 7) is -0.674. The van der Waals surface area contributed by atoms with Crippen LogP contribution in [-0.2, 0) is 9.47 Å². The van der Waals surface area contributed by atoms with Crippen molar-refractivity contribution >= 4 is 6.08 Å². The number of aliphatic hydroxyl groups excluding tert-OH is 4. The fraction of sp³-hybridized carbons (Fsp3) is 0.364. The third-order valence-electron chi connectivity index (χ3n) is 5.57. The number of phenols is 4. The standard InChI is InChI=1S/C22H24O12/c1-31-21-12(26)2-8(3-13(21)27)20-15(6-10-11(25)4-9(24)5-14(10)32-20)33-22-19(30)18(29)17(28)16(7-23)34-22/h2-6,16-20,22-30H,7H2,1H3/t16-,17-,18+,19-,20?,22-/m1/s1. The van der Waals surface area contributed by atoms with Gasteiger partial charge in [0.15, 0.2) is 17.6 Å². The van der Waals surface area contributed by atoms with E-state index < -0.39 is 54.9 Å². The van der Waals surface area contributed by atoms with Crippen molar-refractivity contribution in [3.05, 3.63) is 41.2 Å². The highest BCUT2D eigenvalue weighted by molar-refractivity contribution is 5.70. The van der Waals surface area contributed by atoms with Crippen LogP contribution in [0.4, 0.5) is 0 Å². The van der Waals surface area contributed by atoms with Crippen LogP contribution in [-0.4, -0.2) is 85.3 Å². The molecule has 0 aliphatic carbocycles. The number of rotatable bonds is 5. The number of hydrogen-bond donors (Lipinski definition) is 8. The molecule has 2 aliphatic rings. The van der Waals surface area contributed by atoms with Crippen LogP contribution in [0.1, 0.15) is 17.2 Å². The lowest BCUT2D eigenvalue weighted by Crippen LogP contribution is -2.59. The van der Waals surface area contributed by atoms with Gasteiger partial charge in [0.25, 0.3) is 0 Å². The van der Waals surface area contributed by atoms with Gasteiger partial charge >= 0.3 is 0 Å². The number of aliphatic hydroxyl groups is 4. The van der Waals surface area contributed by atoms with Crippen molar-refractivity contribution in [3.8, 4) is 34.5 Å². The quantitative estimate of drug-likeness (QED) is 0.281. The third-order valence-corrected chi connectivity index (χ3v) is 5.57. The molecule has 1 saturated heterocycles. The molecule has 0 amide bonds. The highest BCUT2D eigenvalue weighted by Crippen LogP contribution is 2.47. The third kappa shape index (κ3) is 4.13. The van der Waals surface area contributed by atoms with Crippen molar-refractivity contribution < 1.29 is 59.8 Å². The number of fused-ring (bicyclic) bond motifs is 1. The maximum Gasteiger partial charge on any atom is 0.228 e. The van der Waals surface area contributed by atoms with Crippen LogP contribution in [0.3, 0.4) is 0 Å². The van der Waals surface area contributed by atoms with E-state index in [1.807, 2.05) is 0 Å². The van der Waals surface area contributed by atoms with Gasteiger partial charge in [0.05, 0.1) is 19.3 Å². The average Bonchev–Trinajstić information content (AvgIpc) is 2.79. The molecule has 2 aromatic carbocycles. The van der Waals surface area contributed by atoms with Gasteiger partial charge in [0.2, 0.25) is 12.0 Å². The predicted molar refractivity (Wildman–Crippen MR) is 112 cm³/mol. The number of hydrogen-bond acceptors (Lipinski definition) is 12. The second-order valence-corrected chi connectivity index (χ2v) is 7.83. The van der Waals surface area contributed by atoms with Crippen LogP contribution in [0.2, 0.25) is 0 Å². The largest absolute Gasteiger partial charge is 0.508 e. The summed E-state index contributed by atoms with van der Waals surface area (Å²) in [6, 6.07) is 4.74. The van der Waals surface area contributed by atoms with Crippen molar-refractivity contribution in [1.82, 2.24) is 0 Å². The summed E-state index contributed by atoms with van der Waals surface area (Å²) in [5, 5.41) is 80.4. The molecule has 0 aromatic heterocycles. The van der Waals surface area contributed by atoms with Crippen molar-refractivity contribution in [1.29, 1.82) is 0 Å². The van der Waals surface area contributed by atoms with Gasteiger partial charge in [-0.2, -0.15) is 0 Å². The van der Waals surface area contributed by atoms with E-state index in [1.165, 1.54) is 31.4 Å². The first kappa shape index (κ1) is 23.7. The molecule has 6 atom stereocenters. The molecule has 12 nitrogen and oxygen atoms in total. The van der Waals surface area contributed by atoms with Gasteiger partial charge < -0.3 is 59.8 Å². The van der Waals surface area contributed by atoms with Crippen molar-refractivity contribution in [2.45, 2.75) is 36.8 Å². The number of phenolic OH excluding ortho intramolecular Hbond substituents is 4. The molecular formula is C22H24O12. The maximum absolute atomic E-state index is 10.4. The van der Waals surface area contributed by atoms with Gasteiger partial charge in [-0.05, 0) is 18.2 Å². The number of ether oxygens (including phenoxy) is 4. The normalized spacial score (nSPS) is 28.4. The highest BCUT2D eigenvalue weighted by Gasteiger charge is 2.46. The Morgan fingerprint density at radius 3 is 2.18 bits per heavy atom. The number of benzene rings is 2. The zero-order valence-corrected chi connectivity index (χ0v) is 17.8. The van der Waals surface area contributed by atoms with Crippen LogP contribution in [0, 0.1) is 0 Å². The van der Waals surface area contributed by atoms with E-state index in [0.717, 1.165) is 6.07 Å². The van der Waals surface area contributed by atoms with E-state index in [2.05, 4.69) is 0 Å². The summed E-state index contributed by atoms with van der Waals surface area (Å²) < 4.78 is 22.0. The molecule has 2 aliphatic heterocycles. The average molecular weight is 480 g/mol. The smallest absolute Gasteiger partial charge is 0.228 e. The lowest BCUT2D eigenvalue weighted by atomic mass is 9.98. The fourth-order valence-corrected chi connectivity index (χ4v) is 3.85. The molecular weight excluding hydrogens is 456 g/mol. The topological polar surface area (TPSA) is 199 Å². The summed E-state index contributed by atoms with van der Waals surface area (Å²) in [7, 11) is 1.25. The van der Waals surface area contributed by atoms with Crippen molar-refractivity contribution in [3.63, 3.8) is 0 Å². The van der Waals surface area contributed by atoms with E-state index in [4.69, 9.17) is 18.9 Å². The van der Waals surface area contributed by atoms with Crippen molar-refractivity contribution in [2.24, 2.45) is 0 Å². The minimum absolute atomic E-state index is 0.0402. The Kier molecular flexibility index (Phi) is 6.34. The molecule has 2 heterocycles. The van der Waals surface area contributed by atoms with Gasteiger partial charge in [-0.3, -0.25) is 0 Å². The van der Waals surface area contributed by atoms with E-state index in [1.54, 1.807) is 0 Å². The SMILES string of the molecule is COc1c(O)cc(C2Oc3cc(O)cc(O)c3C=C2O[C@@H]2O[C@H](CO)[C@@H](O)[C@H](O)[C@H]2O)cc1O. The van der Waals surface area contributed by atoms with E-state index in [9.17, 15) is 40.9 Å². The zero-order chi connectivity index (χ0) is 24.7. The summed E-state index contributed by atoms with van der Waals surface area (Å²) in [6.07, 6.45) is -7.73. The molecule has 2 aromatic rings. The van der Waals surface area contributed by atoms with Gasteiger partial charge in [0, 0.05) is 17.7 Å². The molecule has 0 radical (unpaired) electrons. The molecule has 0 spiro atoms. The minimum atomic E-state index is -1.73. The second kappa shape index (κ2) is 9.08. The Balaban J connectivity index is 1.77. The Labute approximate surface area is 192 Å². The van der Waals surface area contributed by atoms with Gasteiger partial charge in [0.1, 0.15) is 47.4 Å². The van der Waals surface area contributed by atoms with Gasteiger partial charge in [-0.25, -0.2) is 0 Å². The monoisotopic (exact) mass is 480 g/mol. The van der Waals surface area contributed by atoms with Crippen LogP contribution in [0.5, 0.6) is 34.5 Å². The predicted octanol–water partition coefficient (Wildman–Crippen LogP) is -0.191. The van der Waals surface area contributed by atoms with Crippen LogP contribution in [0.25, 0.3) is 6.08 Å². The van der Waals surface area contributed by atoms with Crippen LogP contribution in [0.15, 0.2) is 30.0 Å². The summed E-state index contributed by atoms with van der Waals surface area (Å²) in [4.78, 5) is 0. The Morgan fingerprint density at radius 2 is 1.56 bits per heavy atom. The molecule has 184 valence electrons. The van der Waals surface area contributed by atoms with E-state index in [0.29, 0.717) is 0 Å². The molecule has 0 saturated carbocycles. The first-order valence-corrected chi connectivity index (χ1v) is 10.2. The minimum Gasteiger partial charge on any atom is -0.508 e. The molecule has 12 heteroatoms. The van der Waals surface area contributed by atoms with E-state index >= 15 is 0 Å². The molecule has 34 heavy (non-hydrogen) atoms. The molecule has 1 fully saturated rings. The first-order chi connectivity index (χ1) is 16.1. The molecule has 1 unspecified atom stereocenters. The Hall–Kier alpha value is -3.42. The first-order valence-electron chi connectivity index (χ1n) is 10.2. The zero-order valence-electron chi connectivity index (χ0n) is 17.8. The molecule has 8 N–H and O–H groups in total. The summed E-state index contributed by atoms with van der Waals surface area (Å²) in [5.74, 6) is -1.72. The number of methoxy groups -OCH3 is 1. The molecule has 4 rings (SSSR count). The maximum atomic E-state index is 10.4. The van der Waals surface area contributed by atoms with Gasteiger partial charge in [-0.15, -0.1) is 0 Å². The van der Waals surface area contributed by atoms with Crippen molar-refractivity contribution in [2.75, 3.05) is 13.7 Å². The fourth-order valence-electron chi connectivity index (χ4n) is 3.85.